The first-order valence-electron chi connectivity index (χ1n) is 11.0. The van der Waals surface area contributed by atoms with Crippen molar-refractivity contribution in [1.29, 1.82) is 0 Å². The Kier molecular flexibility index (Phi) is 9.01. The third-order valence-corrected chi connectivity index (χ3v) is 5.14. The van der Waals surface area contributed by atoms with E-state index in [1.807, 2.05) is 0 Å². The van der Waals surface area contributed by atoms with Gasteiger partial charge in [0.15, 0.2) is 23.1 Å². The number of hydrogen-bond acceptors (Lipinski definition) is 6. The van der Waals surface area contributed by atoms with E-state index >= 15 is 0 Å². The summed E-state index contributed by atoms with van der Waals surface area (Å²) in [7, 11) is 2.70. The summed E-state index contributed by atoms with van der Waals surface area (Å²) in [6.45, 7) is 8.41. The van der Waals surface area contributed by atoms with E-state index in [0.717, 1.165) is 0 Å². The molecule has 6 nitrogen and oxygen atoms in total. The first-order chi connectivity index (χ1) is 15.9. The van der Waals surface area contributed by atoms with Crippen LogP contribution >= 0.6 is 0 Å². The summed E-state index contributed by atoms with van der Waals surface area (Å²) in [5.74, 6) is -3.69. The molecule has 0 amide bonds. The molecule has 0 aromatic heterocycles. The van der Waals surface area contributed by atoms with Crippen LogP contribution in [0.5, 0.6) is 11.5 Å². The van der Waals surface area contributed by atoms with Gasteiger partial charge in [0.1, 0.15) is 11.7 Å². The van der Waals surface area contributed by atoms with Crippen molar-refractivity contribution in [3.63, 3.8) is 0 Å². The molecule has 0 heterocycles. The van der Waals surface area contributed by atoms with E-state index < -0.39 is 47.1 Å². The number of rotatable bonds is 9. The van der Waals surface area contributed by atoms with Crippen molar-refractivity contribution in [2.75, 3.05) is 14.2 Å². The van der Waals surface area contributed by atoms with Crippen molar-refractivity contribution >= 4 is 11.9 Å². The average molecular weight is 479 g/mol. The van der Waals surface area contributed by atoms with E-state index in [1.54, 1.807) is 46.8 Å². The molecule has 0 bridgehead atoms. The summed E-state index contributed by atoms with van der Waals surface area (Å²) in [6, 6.07) is 8.70. The Bertz CT molecular complexity index is 961. The highest BCUT2D eigenvalue weighted by atomic mass is 19.1. The number of esters is 2. The van der Waals surface area contributed by atoms with Gasteiger partial charge in [0.05, 0.1) is 26.6 Å². The smallest absolute Gasteiger partial charge is 0.309 e. The second-order valence-corrected chi connectivity index (χ2v) is 9.10. The summed E-state index contributed by atoms with van der Waals surface area (Å²) in [4.78, 5) is 24.8. The highest BCUT2D eigenvalue weighted by molar-refractivity contribution is 5.80. The molecule has 0 fully saturated rings. The molecule has 2 aromatic rings. The molecule has 2 atom stereocenters. The molecule has 0 aliphatic rings. The van der Waals surface area contributed by atoms with Crippen molar-refractivity contribution < 1.29 is 37.3 Å². The fourth-order valence-corrected chi connectivity index (χ4v) is 3.57. The van der Waals surface area contributed by atoms with E-state index in [1.165, 1.54) is 38.5 Å². The third kappa shape index (κ3) is 7.17. The van der Waals surface area contributed by atoms with Crippen LogP contribution in [0.3, 0.4) is 0 Å². The Morgan fingerprint density at radius 3 is 1.74 bits per heavy atom. The summed E-state index contributed by atoms with van der Waals surface area (Å²) >= 11 is 0. The third-order valence-electron chi connectivity index (χ3n) is 5.14. The minimum atomic E-state index is -0.811. The number of carbonyl (C=O) groups is 2. The summed E-state index contributed by atoms with van der Waals surface area (Å²) in [6.07, 6.45) is -0.962. The molecule has 0 aliphatic carbocycles. The molecular weight excluding hydrogens is 446 g/mol. The lowest BCUT2D eigenvalue weighted by Crippen LogP contribution is -2.30. The molecule has 0 N–H and O–H groups in total. The first kappa shape index (κ1) is 27.1. The van der Waals surface area contributed by atoms with Crippen molar-refractivity contribution in [2.45, 2.75) is 58.7 Å². The number of halogens is 2. The largest absolute Gasteiger partial charge is 0.494 e. The molecule has 0 unspecified atom stereocenters. The van der Waals surface area contributed by atoms with Gasteiger partial charge in [0.2, 0.25) is 0 Å². The van der Waals surface area contributed by atoms with Crippen molar-refractivity contribution in [3.8, 4) is 11.5 Å². The number of hydrogen-bond donors (Lipinski definition) is 0. The molecule has 0 aliphatic heterocycles. The van der Waals surface area contributed by atoms with Crippen LogP contribution < -0.4 is 9.47 Å². The lowest BCUT2D eigenvalue weighted by Gasteiger charge is -2.27. The van der Waals surface area contributed by atoms with Crippen LogP contribution in [-0.4, -0.2) is 37.9 Å². The van der Waals surface area contributed by atoms with Crippen LogP contribution in [-0.2, 0) is 19.1 Å². The lowest BCUT2D eigenvalue weighted by atomic mass is 9.86. The quantitative estimate of drug-likeness (QED) is 0.449. The van der Waals surface area contributed by atoms with Crippen LogP contribution in [0.2, 0.25) is 0 Å². The molecule has 186 valence electrons. The maximum Gasteiger partial charge on any atom is 0.309 e. The Morgan fingerprint density at radius 2 is 1.35 bits per heavy atom. The van der Waals surface area contributed by atoms with Gasteiger partial charge in [0.25, 0.3) is 0 Å². The minimum absolute atomic E-state index is 0.0547. The lowest BCUT2D eigenvalue weighted by molar-refractivity contribution is -0.163. The van der Waals surface area contributed by atoms with Gasteiger partial charge in [0, 0.05) is 5.92 Å². The highest BCUT2D eigenvalue weighted by Crippen LogP contribution is 2.34. The fourth-order valence-electron chi connectivity index (χ4n) is 3.57. The predicted molar refractivity (Wildman–Crippen MR) is 123 cm³/mol. The first-order valence-corrected chi connectivity index (χ1v) is 11.0. The SMILES string of the molecule is COc1ccc(C(c2ccc(OC)c(F)c2)[C@H](C)OC(=O)[C@H](C)CC(=O)OC(C)(C)C)cc1F. The fraction of sp³-hybridized carbons (Fsp3) is 0.462. The number of benzene rings is 2. The zero-order chi connectivity index (χ0) is 25.6. The van der Waals surface area contributed by atoms with Crippen LogP contribution in [0.4, 0.5) is 8.78 Å². The Morgan fingerprint density at radius 1 is 0.882 bits per heavy atom. The molecule has 0 radical (unpaired) electrons. The highest BCUT2D eigenvalue weighted by Gasteiger charge is 2.30. The van der Waals surface area contributed by atoms with E-state index in [-0.39, 0.29) is 17.9 Å². The van der Waals surface area contributed by atoms with Gasteiger partial charge in [-0.25, -0.2) is 8.78 Å². The van der Waals surface area contributed by atoms with Gasteiger partial charge in [-0.1, -0.05) is 19.1 Å². The van der Waals surface area contributed by atoms with E-state index in [9.17, 15) is 18.4 Å². The summed E-state index contributed by atoms with van der Waals surface area (Å²) in [5, 5.41) is 0. The van der Waals surface area contributed by atoms with Gasteiger partial charge >= 0.3 is 11.9 Å². The molecule has 34 heavy (non-hydrogen) atoms. The molecule has 0 spiro atoms. The predicted octanol–water partition coefficient (Wildman–Crippen LogP) is 5.41. The molecule has 0 saturated heterocycles. The summed E-state index contributed by atoms with van der Waals surface area (Å²) < 4.78 is 49.8. The number of carbonyl (C=O) groups excluding carboxylic acids is 2. The van der Waals surface area contributed by atoms with Crippen LogP contribution in [0.25, 0.3) is 0 Å². The van der Waals surface area contributed by atoms with E-state index in [2.05, 4.69) is 0 Å². The normalized spacial score (nSPS) is 13.2. The second-order valence-electron chi connectivity index (χ2n) is 9.10. The Balaban J connectivity index is 2.31. The number of methoxy groups -OCH3 is 2. The number of ether oxygens (including phenoxy) is 4. The molecular formula is C26H32F2O6. The summed E-state index contributed by atoms with van der Waals surface area (Å²) in [5.41, 5.74) is 0.251. The second kappa shape index (κ2) is 11.3. The zero-order valence-corrected chi connectivity index (χ0v) is 20.6. The zero-order valence-electron chi connectivity index (χ0n) is 20.6. The molecule has 8 heteroatoms. The van der Waals surface area contributed by atoms with E-state index in [0.29, 0.717) is 11.1 Å². The van der Waals surface area contributed by atoms with Crippen molar-refractivity contribution in [3.05, 3.63) is 59.2 Å². The van der Waals surface area contributed by atoms with E-state index in [4.69, 9.17) is 18.9 Å². The van der Waals surface area contributed by atoms with Gasteiger partial charge in [-0.05, 0) is 63.1 Å². The minimum Gasteiger partial charge on any atom is -0.494 e. The molecule has 0 saturated carbocycles. The van der Waals surface area contributed by atoms with Crippen LogP contribution in [0, 0.1) is 17.6 Å². The van der Waals surface area contributed by atoms with Gasteiger partial charge in [-0.2, -0.15) is 0 Å². The monoisotopic (exact) mass is 478 g/mol. The van der Waals surface area contributed by atoms with Gasteiger partial charge < -0.3 is 18.9 Å². The van der Waals surface area contributed by atoms with Gasteiger partial charge in [-0.15, -0.1) is 0 Å². The van der Waals surface area contributed by atoms with Crippen LogP contribution in [0.1, 0.15) is 58.1 Å². The van der Waals surface area contributed by atoms with Gasteiger partial charge in [-0.3, -0.25) is 9.59 Å². The molecule has 2 rings (SSSR count). The Hall–Kier alpha value is -3.16. The maximum absolute atomic E-state index is 14.5. The standard InChI is InChI=1S/C26H32F2O6/c1-15(12-23(29)34-26(3,4)5)25(30)33-16(2)24(17-8-10-21(31-6)19(27)13-17)18-9-11-22(32-7)20(28)14-18/h8-11,13-16,24H,12H2,1-7H3/t15-,16+/m1/s1. The topological polar surface area (TPSA) is 71.1 Å². The van der Waals surface area contributed by atoms with Crippen molar-refractivity contribution in [2.24, 2.45) is 5.92 Å². The average Bonchev–Trinajstić information content (AvgIpc) is 2.72. The Labute approximate surface area is 199 Å². The molecule has 2 aromatic carbocycles. The van der Waals surface area contributed by atoms with Crippen molar-refractivity contribution in [1.82, 2.24) is 0 Å². The maximum atomic E-state index is 14.5. The van der Waals surface area contributed by atoms with Crippen LogP contribution in [0.15, 0.2) is 36.4 Å².